The lowest BCUT2D eigenvalue weighted by Crippen LogP contribution is -2.37. The van der Waals surface area contributed by atoms with Crippen LogP contribution in [-0.2, 0) is 11.2 Å². The number of carbonyl (C=O) groups excluding carboxylic acids is 1. The Bertz CT molecular complexity index is 418. The number of nitrogens with two attached hydrogens (primary N) is 1. The molecule has 20 heavy (non-hydrogen) atoms. The lowest BCUT2D eigenvalue weighted by molar-refractivity contribution is -0.135. The van der Waals surface area contributed by atoms with E-state index in [2.05, 4.69) is 24.3 Å². The van der Waals surface area contributed by atoms with Gasteiger partial charge in [-0.05, 0) is 43.7 Å². The Morgan fingerprint density at radius 1 is 1.30 bits per heavy atom. The number of hydrogen-bond acceptors (Lipinski definition) is 2. The van der Waals surface area contributed by atoms with Crippen LogP contribution in [0.25, 0.3) is 0 Å². The van der Waals surface area contributed by atoms with Crippen LogP contribution in [0.1, 0.15) is 31.2 Å². The van der Waals surface area contributed by atoms with Crippen molar-refractivity contribution in [3.05, 3.63) is 35.9 Å². The van der Waals surface area contributed by atoms with Gasteiger partial charge in [-0.1, -0.05) is 36.8 Å². The lowest BCUT2D eigenvalue weighted by atomic mass is 9.95. The molecule has 0 radical (unpaired) electrons. The van der Waals surface area contributed by atoms with E-state index in [-0.39, 0.29) is 5.92 Å². The van der Waals surface area contributed by atoms with Crippen LogP contribution in [-0.4, -0.2) is 30.9 Å². The first kappa shape index (κ1) is 15.0. The SMILES string of the molecule is CN(CCCc1ccccc1)C(=O)C1CCCC1CN. The van der Waals surface area contributed by atoms with Gasteiger partial charge in [0.05, 0.1) is 0 Å². The van der Waals surface area contributed by atoms with Gasteiger partial charge in [-0.15, -0.1) is 0 Å². The van der Waals surface area contributed by atoms with E-state index in [1.165, 1.54) is 5.56 Å². The van der Waals surface area contributed by atoms with Crippen LogP contribution in [0.15, 0.2) is 30.3 Å². The van der Waals surface area contributed by atoms with Gasteiger partial charge >= 0.3 is 0 Å². The van der Waals surface area contributed by atoms with Crippen molar-refractivity contribution in [1.82, 2.24) is 4.90 Å². The van der Waals surface area contributed by atoms with Crippen molar-refractivity contribution >= 4 is 5.91 Å². The summed E-state index contributed by atoms with van der Waals surface area (Å²) in [5, 5.41) is 0. The van der Waals surface area contributed by atoms with Crippen molar-refractivity contribution in [2.75, 3.05) is 20.1 Å². The first-order valence-electron chi connectivity index (χ1n) is 7.71. The molecule has 0 heterocycles. The molecule has 3 heteroatoms. The van der Waals surface area contributed by atoms with E-state index in [0.29, 0.717) is 18.4 Å². The molecule has 1 aliphatic rings. The van der Waals surface area contributed by atoms with Crippen LogP contribution in [0, 0.1) is 11.8 Å². The second-order valence-electron chi connectivity index (χ2n) is 5.88. The predicted octanol–water partition coefficient (Wildman–Crippen LogP) is 2.45. The van der Waals surface area contributed by atoms with Crippen LogP contribution < -0.4 is 5.73 Å². The monoisotopic (exact) mass is 274 g/mol. The Balaban J connectivity index is 1.76. The molecule has 0 aromatic heterocycles. The molecular formula is C17H26N2O. The van der Waals surface area contributed by atoms with Crippen molar-refractivity contribution in [3.63, 3.8) is 0 Å². The highest BCUT2D eigenvalue weighted by molar-refractivity contribution is 5.79. The van der Waals surface area contributed by atoms with Crippen LogP contribution in [0.3, 0.4) is 0 Å². The number of hydrogen-bond donors (Lipinski definition) is 1. The molecule has 110 valence electrons. The maximum Gasteiger partial charge on any atom is 0.225 e. The molecule has 1 fully saturated rings. The third-order valence-electron chi connectivity index (χ3n) is 4.46. The molecule has 1 aliphatic carbocycles. The van der Waals surface area contributed by atoms with Crippen molar-refractivity contribution in [3.8, 4) is 0 Å². The summed E-state index contributed by atoms with van der Waals surface area (Å²) in [6.45, 7) is 1.48. The molecule has 1 saturated carbocycles. The first-order valence-corrected chi connectivity index (χ1v) is 7.71. The van der Waals surface area contributed by atoms with E-state index in [1.807, 2.05) is 18.0 Å². The first-order chi connectivity index (χ1) is 9.72. The predicted molar refractivity (Wildman–Crippen MR) is 82.3 cm³/mol. The molecule has 0 spiro atoms. The average molecular weight is 274 g/mol. The lowest BCUT2D eigenvalue weighted by Gasteiger charge is -2.24. The van der Waals surface area contributed by atoms with Crippen molar-refractivity contribution in [2.45, 2.75) is 32.1 Å². The fourth-order valence-corrected chi connectivity index (χ4v) is 3.20. The zero-order valence-electron chi connectivity index (χ0n) is 12.4. The molecule has 2 atom stereocenters. The fourth-order valence-electron chi connectivity index (χ4n) is 3.20. The van der Waals surface area contributed by atoms with E-state index in [9.17, 15) is 4.79 Å². The highest BCUT2D eigenvalue weighted by Gasteiger charge is 2.33. The maximum atomic E-state index is 12.4. The topological polar surface area (TPSA) is 46.3 Å². The summed E-state index contributed by atoms with van der Waals surface area (Å²) in [5.74, 6) is 0.867. The Hall–Kier alpha value is -1.35. The second-order valence-corrected chi connectivity index (χ2v) is 5.88. The summed E-state index contributed by atoms with van der Waals surface area (Å²) in [5.41, 5.74) is 7.11. The average Bonchev–Trinajstić information content (AvgIpc) is 2.96. The van der Waals surface area contributed by atoms with E-state index < -0.39 is 0 Å². The summed E-state index contributed by atoms with van der Waals surface area (Å²) in [6, 6.07) is 10.4. The quantitative estimate of drug-likeness (QED) is 0.866. The number of nitrogens with zero attached hydrogens (tertiary/aromatic N) is 1. The van der Waals surface area contributed by atoms with Crippen molar-refractivity contribution < 1.29 is 4.79 Å². The molecule has 2 rings (SSSR count). The summed E-state index contributed by atoms with van der Waals surface area (Å²) < 4.78 is 0. The standard InChI is InChI=1S/C17H26N2O/c1-19(12-6-9-14-7-3-2-4-8-14)17(20)16-11-5-10-15(16)13-18/h2-4,7-8,15-16H,5-6,9-13,18H2,1H3. The molecule has 0 saturated heterocycles. The van der Waals surface area contributed by atoms with Gasteiger partial charge in [-0.2, -0.15) is 0 Å². The Morgan fingerprint density at radius 3 is 2.75 bits per heavy atom. The molecule has 1 amide bonds. The van der Waals surface area contributed by atoms with Crippen molar-refractivity contribution in [1.29, 1.82) is 0 Å². The van der Waals surface area contributed by atoms with Crippen molar-refractivity contribution in [2.24, 2.45) is 17.6 Å². The fraction of sp³-hybridized carbons (Fsp3) is 0.588. The summed E-state index contributed by atoms with van der Waals surface area (Å²) in [4.78, 5) is 14.3. The Morgan fingerprint density at radius 2 is 2.05 bits per heavy atom. The van der Waals surface area contributed by atoms with Crippen LogP contribution in [0.4, 0.5) is 0 Å². The van der Waals surface area contributed by atoms with Gasteiger partial charge in [0, 0.05) is 19.5 Å². The molecule has 0 aliphatic heterocycles. The highest BCUT2D eigenvalue weighted by Crippen LogP contribution is 2.32. The van der Waals surface area contributed by atoms with Gasteiger partial charge in [0.2, 0.25) is 5.91 Å². The molecule has 3 nitrogen and oxygen atoms in total. The highest BCUT2D eigenvalue weighted by atomic mass is 16.2. The van der Waals surface area contributed by atoms with E-state index in [4.69, 9.17) is 5.73 Å². The molecule has 1 aromatic carbocycles. The summed E-state index contributed by atoms with van der Waals surface area (Å²) in [7, 11) is 1.93. The zero-order valence-corrected chi connectivity index (χ0v) is 12.4. The Kier molecular flexibility index (Phi) is 5.60. The smallest absolute Gasteiger partial charge is 0.225 e. The summed E-state index contributed by atoms with van der Waals surface area (Å²) in [6.07, 6.45) is 5.33. The zero-order chi connectivity index (χ0) is 14.4. The third-order valence-corrected chi connectivity index (χ3v) is 4.46. The number of carbonyl (C=O) groups is 1. The van der Waals surface area contributed by atoms with Gasteiger partial charge in [0.15, 0.2) is 0 Å². The number of rotatable bonds is 6. The van der Waals surface area contributed by atoms with Gasteiger partial charge in [-0.25, -0.2) is 0 Å². The molecule has 0 bridgehead atoms. The molecule has 1 aromatic rings. The Labute approximate surface area is 122 Å². The summed E-state index contributed by atoms with van der Waals surface area (Å²) >= 11 is 0. The number of benzene rings is 1. The minimum absolute atomic E-state index is 0.168. The van der Waals surface area contributed by atoms with Gasteiger partial charge in [-0.3, -0.25) is 4.79 Å². The van der Waals surface area contributed by atoms with Gasteiger partial charge < -0.3 is 10.6 Å². The largest absolute Gasteiger partial charge is 0.346 e. The van der Waals surface area contributed by atoms with Crippen LogP contribution in [0.2, 0.25) is 0 Å². The number of aryl methyl sites for hydroxylation is 1. The molecule has 2 unspecified atom stereocenters. The molecular weight excluding hydrogens is 248 g/mol. The maximum absolute atomic E-state index is 12.4. The van der Waals surface area contributed by atoms with Gasteiger partial charge in [0.25, 0.3) is 0 Å². The van der Waals surface area contributed by atoms with E-state index in [1.54, 1.807) is 0 Å². The van der Waals surface area contributed by atoms with Gasteiger partial charge in [0.1, 0.15) is 0 Å². The minimum Gasteiger partial charge on any atom is -0.346 e. The van der Waals surface area contributed by atoms with Crippen LogP contribution in [0.5, 0.6) is 0 Å². The normalized spacial score (nSPS) is 21.9. The minimum atomic E-state index is 0.168. The molecule has 2 N–H and O–H groups in total. The van der Waals surface area contributed by atoms with E-state index >= 15 is 0 Å². The van der Waals surface area contributed by atoms with E-state index in [0.717, 1.165) is 38.6 Å². The van der Waals surface area contributed by atoms with Crippen LogP contribution >= 0.6 is 0 Å². The third kappa shape index (κ3) is 3.83. The number of amides is 1. The second kappa shape index (κ2) is 7.44.